The molecule has 0 saturated carbocycles. The van der Waals surface area contributed by atoms with E-state index in [4.69, 9.17) is 9.15 Å². The van der Waals surface area contributed by atoms with Gasteiger partial charge >= 0.3 is 0 Å². The number of amides is 1. The molecule has 0 fully saturated rings. The molecule has 4 aromatic rings. The third-order valence-corrected chi connectivity index (χ3v) is 4.74. The summed E-state index contributed by atoms with van der Waals surface area (Å²) < 4.78 is 26.2. The first-order chi connectivity index (χ1) is 15.6. The molecule has 0 atom stereocenters. The zero-order valence-electron chi connectivity index (χ0n) is 17.3. The first kappa shape index (κ1) is 21.1. The van der Waals surface area contributed by atoms with E-state index in [1.54, 1.807) is 41.3 Å². The van der Waals surface area contributed by atoms with E-state index in [-0.39, 0.29) is 24.1 Å². The number of ether oxygens (including phenoxy) is 1. The van der Waals surface area contributed by atoms with E-state index >= 15 is 0 Å². The van der Waals surface area contributed by atoms with Crippen molar-refractivity contribution in [2.75, 3.05) is 5.32 Å². The maximum atomic E-state index is 13.0. The third kappa shape index (κ3) is 5.31. The molecule has 1 N–H and O–H groups in total. The number of furan rings is 1. The number of allylic oxidation sites excluding steroid dienone is 1. The van der Waals surface area contributed by atoms with Crippen LogP contribution in [0.4, 0.5) is 10.1 Å². The number of nitrogens with zero attached hydrogens (tertiary/aromatic N) is 2. The molecule has 2 heterocycles. The summed E-state index contributed by atoms with van der Waals surface area (Å²) in [6.07, 6.45) is 5.77. The van der Waals surface area contributed by atoms with Gasteiger partial charge in [0.25, 0.3) is 5.91 Å². The summed E-state index contributed by atoms with van der Waals surface area (Å²) >= 11 is 0. The summed E-state index contributed by atoms with van der Waals surface area (Å²) in [7, 11) is 0. The van der Waals surface area contributed by atoms with E-state index in [2.05, 4.69) is 17.0 Å². The Morgan fingerprint density at radius 1 is 1.16 bits per heavy atom. The average Bonchev–Trinajstić information content (AvgIpc) is 3.45. The molecule has 2 aromatic carbocycles. The molecule has 0 aliphatic heterocycles. The van der Waals surface area contributed by atoms with Gasteiger partial charge in [0.05, 0.1) is 18.4 Å². The number of rotatable bonds is 9. The second-order valence-electron chi connectivity index (χ2n) is 7.16. The van der Waals surface area contributed by atoms with E-state index in [1.165, 1.54) is 12.1 Å². The standard InChI is InChI=1S/C25H22FN3O3/c1-2-5-19-6-3-4-7-23(19)31-17-22-12-13-24(32-22)25(30)28-21-14-27-29(16-21)15-18-8-10-20(26)11-9-18/h2-4,6-14,16H,1,5,15,17H2,(H,28,30). The number of aromatic nitrogens is 2. The first-order valence-electron chi connectivity index (χ1n) is 10.1. The van der Waals surface area contributed by atoms with E-state index in [0.29, 0.717) is 24.4 Å². The zero-order chi connectivity index (χ0) is 22.3. The van der Waals surface area contributed by atoms with Crippen LogP contribution in [-0.4, -0.2) is 15.7 Å². The topological polar surface area (TPSA) is 69.3 Å². The van der Waals surface area contributed by atoms with Gasteiger partial charge in [0, 0.05) is 6.20 Å². The van der Waals surface area contributed by atoms with Crippen molar-refractivity contribution in [2.45, 2.75) is 19.6 Å². The van der Waals surface area contributed by atoms with Crippen LogP contribution in [0.1, 0.15) is 27.4 Å². The number of carbonyl (C=O) groups excluding carboxylic acids is 1. The Morgan fingerprint density at radius 3 is 2.78 bits per heavy atom. The van der Waals surface area contributed by atoms with Crippen LogP contribution >= 0.6 is 0 Å². The van der Waals surface area contributed by atoms with Crippen molar-refractivity contribution in [1.29, 1.82) is 0 Å². The van der Waals surface area contributed by atoms with Crippen LogP contribution in [0, 0.1) is 5.82 Å². The number of halogens is 1. The molecule has 7 heteroatoms. The van der Waals surface area contributed by atoms with Gasteiger partial charge in [-0.15, -0.1) is 6.58 Å². The van der Waals surface area contributed by atoms with Crippen molar-refractivity contribution in [2.24, 2.45) is 0 Å². The maximum Gasteiger partial charge on any atom is 0.291 e. The number of hydrogen-bond donors (Lipinski definition) is 1. The number of hydrogen-bond acceptors (Lipinski definition) is 4. The molecule has 0 spiro atoms. The summed E-state index contributed by atoms with van der Waals surface area (Å²) in [5, 5.41) is 6.98. The second kappa shape index (κ2) is 9.78. The summed E-state index contributed by atoms with van der Waals surface area (Å²) in [5.74, 6) is 0.796. The van der Waals surface area contributed by atoms with Crippen molar-refractivity contribution < 1.29 is 18.3 Å². The van der Waals surface area contributed by atoms with Crippen LogP contribution in [0.3, 0.4) is 0 Å². The van der Waals surface area contributed by atoms with Crippen LogP contribution in [0.15, 0.2) is 90.1 Å². The van der Waals surface area contributed by atoms with Gasteiger partial charge in [-0.05, 0) is 47.9 Å². The van der Waals surface area contributed by atoms with Crippen LogP contribution in [0.25, 0.3) is 0 Å². The van der Waals surface area contributed by atoms with E-state index in [0.717, 1.165) is 16.9 Å². The predicted octanol–water partition coefficient (Wildman–Crippen LogP) is 5.22. The lowest BCUT2D eigenvalue weighted by Crippen LogP contribution is -2.10. The fourth-order valence-corrected chi connectivity index (χ4v) is 3.18. The molecule has 162 valence electrons. The Morgan fingerprint density at radius 2 is 1.97 bits per heavy atom. The van der Waals surface area contributed by atoms with Crippen molar-refractivity contribution in [3.05, 3.63) is 114 Å². The number of carbonyl (C=O) groups is 1. The minimum Gasteiger partial charge on any atom is -0.485 e. The van der Waals surface area contributed by atoms with Crippen LogP contribution in [0.2, 0.25) is 0 Å². The highest BCUT2D eigenvalue weighted by Gasteiger charge is 2.13. The highest BCUT2D eigenvalue weighted by molar-refractivity contribution is 6.02. The SMILES string of the molecule is C=CCc1ccccc1OCc1ccc(C(=O)Nc2cnn(Cc3ccc(F)cc3)c2)o1. The molecule has 0 radical (unpaired) electrons. The molecule has 4 rings (SSSR count). The van der Waals surface area contributed by atoms with Crippen molar-refractivity contribution in [3.8, 4) is 5.75 Å². The molecule has 1 amide bonds. The molecular weight excluding hydrogens is 409 g/mol. The van der Waals surface area contributed by atoms with Crippen molar-refractivity contribution >= 4 is 11.6 Å². The minimum atomic E-state index is -0.385. The number of nitrogens with one attached hydrogen (secondary N) is 1. The van der Waals surface area contributed by atoms with Crippen LogP contribution < -0.4 is 10.1 Å². The second-order valence-corrected chi connectivity index (χ2v) is 7.16. The van der Waals surface area contributed by atoms with Gasteiger partial charge in [0.1, 0.15) is 23.9 Å². The molecule has 6 nitrogen and oxygen atoms in total. The fraction of sp³-hybridized carbons (Fsp3) is 0.120. The summed E-state index contributed by atoms with van der Waals surface area (Å²) in [6, 6.07) is 17.2. The lowest BCUT2D eigenvalue weighted by atomic mass is 10.1. The maximum absolute atomic E-state index is 13.0. The summed E-state index contributed by atoms with van der Waals surface area (Å²) in [5.41, 5.74) is 2.46. The number of anilines is 1. The van der Waals surface area contributed by atoms with Gasteiger partial charge in [0.15, 0.2) is 5.76 Å². The Kier molecular flexibility index (Phi) is 6.46. The fourth-order valence-electron chi connectivity index (χ4n) is 3.18. The Labute approximate surface area is 184 Å². The molecule has 32 heavy (non-hydrogen) atoms. The first-order valence-corrected chi connectivity index (χ1v) is 10.1. The molecule has 0 aliphatic rings. The van der Waals surface area contributed by atoms with E-state index < -0.39 is 0 Å². The minimum absolute atomic E-state index is 0.175. The largest absolute Gasteiger partial charge is 0.485 e. The smallest absolute Gasteiger partial charge is 0.291 e. The van der Waals surface area contributed by atoms with Gasteiger partial charge in [-0.2, -0.15) is 5.10 Å². The Hall–Kier alpha value is -4.13. The average molecular weight is 431 g/mol. The van der Waals surface area contributed by atoms with Crippen LogP contribution in [0.5, 0.6) is 5.75 Å². The van der Waals surface area contributed by atoms with Gasteiger partial charge in [-0.1, -0.05) is 36.4 Å². The molecule has 0 bridgehead atoms. The quantitative estimate of drug-likeness (QED) is 0.369. The highest BCUT2D eigenvalue weighted by atomic mass is 19.1. The Balaban J connectivity index is 1.33. The monoisotopic (exact) mass is 431 g/mol. The summed E-state index contributed by atoms with van der Waals surface area (Å²) in [6.45, 7) is 4.43. The highest BCUT2D eigenvalue weighted by Crippen LogP contribution is 2.21. The Bertz CT molecular complexity index is 1210. The zero-order valence-corrected chi connectivity index (χ0v) is 17.3. The summed E-state index contributed by atoms with van der Waals surface area (Å²) in [4.78, 5) is 12.5. The molecule has 0 aliphatic carbocycles. The van der Waals surface area contributed by atoms with Gasteiger partial charge in [-0.3, -0.25) is 9.48 Å². The third-order valence-electron chi connectivity index (χ3n) is 4.74. The van der Waals surface area contributed by atoms with Crippen molar-refractivity contribution in [1.82, 2.24) is 9.78 Å². The van der Waals surface area contributed by atoms with Gasteiger partial charge < -0.3 is 14.5 Å². The number of para-hydroxylation sites is 1. The van der Waals surface area contributed by atoms with Crippen LogP contribution in [-0.2, 0) is 19.6 Å². The molecule has 0 saturated heterocycles. The van der Waals surface area contributed by atoms with Gasteiger partial charge in [-0.25, -0.2) is 4.39 Å². The molecular formula is C25H22FN3O3. The lowest BCUT2D eigenvalue weighted by Gasteiger charge is -2.08. The van der Waals surface area contributed by atoms with Gasteiger partial charge in [0.2, 0.25) is 0 Å². The number of benzene rings is 2. The molecule has 0 unspecified atom stereocenters. The normalized spacial score (nSPS) is 10.7. The van der Waals surface area contributed by atoms with Crippen molar-refractivity contribution in [3.63, 3.8) is 0 Å². The lowest BCUT2D eigenvalue weighted by molar-refractivity contribution is 0.0992. The van der Waals surface area contributed by atoms with E-state index in [1.807, 2.05) is 30.3 Å². The molecule has 2 aromatic heterocycles. The predicted molar refractivity (Wildman–Crippen MR) is 119 cm³/mol. The van der Waals surface area contributed by atoms with E-state index in [9.17, 15) is 9.18 Å².